The molecular formula is C34H35N3O7. The lowest BCUT2D eigenvalue weighted by atomic mass is 9.85. The van der Waals surface area contributed by atoms with Gasteiger partial charge in [0.25, 0.3) is 11.7 Å². The van der Waals surface area contributed by atoms with E-state index < -0.39 is 30.2 Å². The van der Waals surface area contributed by atoms with Gasteiger partial charge >= 0.3 is 0 Å². The maximum atomic E-state index is 14.3. The van der Waals surface area contributed by atoms with Crippen LogP contribution >= 0.6 is 0 Å². The van der Waals surface area contributed by atoms with Crippen LogP contribution in [0.5, 0.6) is 17.2 Å². The van der Waals surface area contributed by atoms with Gasteiger partial charge in [0, 0.05) is 12.6 Å². The van der Waals surface area contributed by atoms with Crippen molar-refractivity contribution in [3.05, 3.63) is 90.0 Å². The summed E-state index contributed by atoms with van der Waals surface area (Å²) in [5.74, 6) is -0.852. The van der Waals surface area contributed by atoms with Gasteiger partial charge in [0.15, 0.2) is 0 Å². The van der Waals surface area contributed by atoms with Crippen molar-refractivity contribution in [1.29, 1.82) is 0 Å². The van der Waals surface area contributed by atoms with Crippen molar-refractivity contribution in [3.8, 4) is 17.2 Å². The number of fused-ring (bicyclic) bond motifs is 1. The molecule has 1 aliphatic heterocycles. The van der Waals surface area contributed by atoms with Crippen LogP contribution in [-0.4, -0.2) is 62.3 Å². The molecule has 1 heterocycles. The largest absolute Gasteiger partial charge is 0.497 e. The molecule has 5 rings (SSSR count). The van der Waals surface area contributed by atoms with E-state index in [-0.39, 0.29) is 23.9 Å². The molecule has 3 amide bonds. The van der Waals surface area contributed by atoms with E-state index in [0.29, 0.717) is 41.5 Å². The number of hydrogen-bond acceptors (Lipinski definition) is 7. The Morgan fingerprint density at radius 2 is 1.66 bits per heavy atom. The number of nitrogens with one attached hydrogen (secondary N) is 1. The van der Waals surface area contributed by atoms with E-state index in [1.165, 1.54) is 16.9 Å². The summed E-state index contributed by atoms with van der Waals surface area (Å²) in [6.45, 7) is -0.297. The van der Waals surface area contributed by atoms with Crippen molar-refractivity contribution in [2.24, 2.45) is 5.92 Å². The van der Waals surface area contributed by atoms with Gasteiger partial charge < -0.3 is 24.4 Å². The molecule has 3 aromatic rings. The van der Waals surface area contributed by atoms with Crippen molar-refractivity contribution >= 4 is 34.9 Å². The molecule has 0 spiro atoms. The molecule has 0 radical (unpaired) electrons. The second-order valence-corrected chi connectivity index (χ2v) is 10.7. The van der Waals surface area contributed by atoms with Crippen LogP contribution in [0.25, 0.3) is 0 Å². The van der Waals surface area contributed by atoms with Gasteiger partial charge in [-0.25, -0.2) is 0 Å². The number of carbonyl (C=O) groups excluding carboxylic acids is 4. The minimum absolute atomic E-state index is 0.0957. The number of methoxy groups -OCH3 is 3. The Balaban J connectivity index is 1.52. The van der Waals surface area contributed by atoms with Crippen LogP contribution in [0, 0.1) is 5.92 Å². The van der Waals surface area contributed by atoms with Crippen molar-refractivity contribution in [3.63, 3.8) is 0 Å². The highest BCUT2D eigenvalue weighted by molar-refractivity contribution is 6.52. The maximum absolute atomic E-state index is 14.3. The molecule has 0 saturated carbocycles. The number of amides is 3. The van der Waals surface area contributed by atoms with Gasteiger partial charge in [-0.05, 0) is 67.1 Å². The quantitative estimate of drug-likeness (QED) is 0.253. The average molecular weight is 598 g/mol. The minimum Gasteiger partial charge on any atom is -0.497 e. The van der Waals surface area contributed by atoms with Crippen molar-refractivity contribution in [1.82, 2.24) is 4.90 Å². The molecule has 10 heteroatoms. The van der Waals surface area contributed by atoms with Crippen molar-refractivity contribution in [2.45, 2.75) is 31.8 Å². The number of para-hydroxylation sites is 1. The number of benzene rings is 3. The summed E-state index contributed by atoms with van der Waals surface area (Å²) in [6, 6.07) is 18.0. The van der Waals surface area contributed by atoms with E-state index in [0.717, 1.165) is 12.0 Å². The van der Waals surface area contributed by atoms with Crippen molar-refractivity contribution in [2.75, 3.05) is 38.1 Å². The fraction of sp³-hybridized carbons (Fsp3) is 0.294. The molecule has 3 aromatic carbocycles. The predicted octanol–water partition coefficient (Wildman–Crippen LogP) is 4.63. The Morgan fingerprint density at radius 3 is 2.34 bits per heavy atom. The lowest BCUT2D eigenvalue weighted by Gasteiger charge is -2.37. The molecule has 1 aliphatic carbocycles. The molecule has 0 fully saturated rings. The number of ether oxygens (including phenoxy) is 3. The van der Waals surface area contributed by atoms with Crippen LogP contribution in [0.2, 0.25) is 0 Å². The first-order valence-corrected chi connectivity index (χ1v) is 14.4. The number of allylic oxidation sites excluding steroid dienone is 2. The van der Waals surface area contributed by atoms with Crippen LogP contribution in [0.15, 0.2) is 78.9 Å². The molecule has 0 bridgehead atoms. The number of Topliss-reactive ketones (excluding diaryl/α,β-unsaturated/α-hetero) is 1. The zero-order valence-electron chi connectivity index (χ0n) is 24.9. The summed E-state index contributed by atoms with van der Waals surface area (Å²) in [5.41, 5.74) is 1.84. The van der Waals surface area contributed by atoms with E-state index >= 15 is 0 Å². The zero-order chi connectivity index (χ0) is 31.2. The third kappa shape index (κ3) is 6.29. The topological polar surface area (TPSA) is 114 Å². The molecule has 1 N–H and O–H groups in total. The lowest BCUT2D eigenvalue weighted by Crippen LogP contribution is -2.54. The summed E-state index contributed by atoms with van der Waals surface area (Å²) in [5, 5.41) is 2.98. The van der Waals surface area contributed by atoms with Gasteiger partial charge in [0.05, 0.1) is 38.3 Å². The maximum Gasteiger partial charge on any atom is 0.299 e. The highest BCUT2D eigenvalue weighted by atomic mass is 16.5. The molecule has 2 unspecified atom stereocenters. The highest BCUT2D eigenvalue weighted by Crippen LogP contribution is 2.33. The Hall–Kier alpha value is -5.12. The summed E-state index contributed by atoms with van der Waals surface area (Å²) in [4.78, 5) is 57.0. The van der Waals surface area contributed by atoms with E-state index in [1.54, 1.807) is 68.8 Å². The standard InChI is InChI=1S/C34H35N3O7/c1-42-24-15-13-22(14-16-24)20-37(30(38)21-36-28-12-8-7-11-26(28)32(39)34(36)41)31(23-9-5-4-6-10-23)33(40)35-27-18-17-25(43-2)19-29(27)44-3/h4-5,7-8,11-19,23,31H,6,9-10,20-21H2,1-3H3,(H,35,40). The first-order chi connectivity index (χ1) is 21.3. The number of rotatable bonds is 11. The molecular weight excluding hydrogens is 562 g/mol. The second kappa shape index (κ2) is 13.5. The number of carbonyl (C=O) groups is 4. The Labute approximate surface area is 256 Å². The van der Waals surface area contributed by atoms with Crippen LogP contribution in [0.1, 0.15) is 35.2 Å². The van der Waals surface area contributed by atoms with Gasteiger partial charge in [-0.15, -0.1) is 0 Å². The van der Waals surface area contributed by atoms with E-state index in [4.69, 9.17) is 14.2 Å². The second-order valence-electron chi connectivity index (χ2n) is 10.7. The zero-order valence-corrected chi connectivity index (χ0v) is 24.9. The van der Waals surface area contributed by atoms with Crippen LogP contribution in [-0.2, 0) is 20.9 Å². The summed E-state index contributed by atoms with van der Waals surface area (Å²) in [7, 11) is 4.61. The SMILES string of the molecule is COc1ccc(CN(C(=O)CN2C(=O)C(=O)c3ccccc32)C(C(=O)Nc2ccc(OC)cc2OC)C2CC=CCC2)cc1. The molecule has 2 aliphatic rings. The molecule has 228 valence electrons. The van der Waals surface area contributed by atoms with Crippen LogP contribution < -0.4 is 24.4 Å². The number of ketones is 1. The first-order valence-electron chi connectivity index (χ1n) is 14.4. The van der Waals surface area contributed by atoms with Gasteiger partial charge in [-0.2, -0.15) is 0 Å². The monoisotopic (exact) mass is 597 g/mol. The summed E-state index contributed by atoms with van der Waals surface area (Å²) in [6.07, 6.45) is 6.13. The summed E-state index contributed by atoms with van der Waals surface area (Å²) < 4.78 is 16.1. The minimum atomic E-state index is -0.898. The fourth-order valence-corrected chi connectivity index (χ4v) is 5.72. The Kier molecular flexibility index (Phi) is 9.28. The lowest BCUT2D eigenvalue weighted by molar-refractivity contribution is -0.140. The van der Waals surface area contributed by atoms with E-state index in [9.17, 15) is 19.2 Å². The van der Waals surface area contributed by atoms with Gasteiger partial charge in [-0.3, -0.25) is 24.1 Å². The molecule has 44 heavy (non-hydrogen) atoms. The first kappa shape index (κ1) is 30.3. The molecule has 0 saturated heterocycles. The van der Waals surface area contributed by atoms with Gasteiger partial charge in [0.1, 0.15) is 29.8 Å². The van der Waals surface area contributed by atoms with Gasteiger partial charge in [0.2, 0.25) is 11.8 Å². The number of anilines is 2. The smallest absolute Gasteiger partial charge is 0.299 e. The average Bonchev–Trinajstić information content (AvgIpc) is 3.30. The number of hydrogen-bond donors (Lipinski definition) is 1. The third-order valence-corrected chi connectivity index (χ3v) is 8.03. The van der Waals surface area contributed by atoms with Gasteiger partial charge in [-0.1, -0.05) is 36.4 Å². The van der Waals surface area contributed by atoms with E-state index in [2.05, 4.69) is 11.4 Å². The normalized spacial score (nSPS) is 16.2. The highest BCUT2D eigenvalue weighted by Gasteiger charge is 2.41. The Morgan fingerprint density at radius 1 is 0.932 bits per heavy atom. The predicted molar refractivity (Wildman–Crippen MR) is 165 cm³/mol. The molecule has 0 aromatic heterocycles. The fourth-order valence-electron chi connectivity index (χ4n) is 5.72. The third-order valence-electron chi connectivity index (χ3n) is 8.03. The van der Waals surface area contributed by atoms with Crippen LogP contribution in [0.4, 0.5) is 11.4 Å². The molecule has 10 nitrogen and oxygen atoms in total. The Bertz CT molecular complexity index is 1580. The summed E-state index contributed by atoms with van der Waals surface area (Å²) >= 11 is 0. The van der Waals surface area contributed by atoms with Crippen LogP contribution in [0.3, 0.4) is 0 Å². The number of nitrogens with zero attached hydrogens (tertiary/aromatic N) is 2. The van der Waals surface area contributed by atoms with Crippen molar-refractivity contribution < 1.29 is 33.4 Å². The van der Waals surface area contributed by atoms with E-state index in [1.807, 2.05) is 18.2 Å². The molecule has 2 atom stereocenters.